The number of nitrogens with one attached hydrogen (secondary N) is 1. The number of amides is 1. The molecule has 0 saturated carbocycles. The molecule has 0 aliphatic rings. The highest BCUT2D eigenvalue weighted by Gasteiger charge is 2.23. The maximum Gasteiger partial charge on any atom is 0.347 e. The second-order valence-corrected chi connectivity index (χ2v) is 5.71. The highest BCUT2D eigenvalue weighted by atomic mass is 32.1. The smallest absolute Gasteiger partial charge is 0.347 e. The van der Waals surface area contributed by atoms with E-state index in [1.54, 1.807) is 38.1 Å². The molecule has 7 heteroatoms. The molecule has 1 unspecified atom stereocenters. The molecule has 0 aliphatic heterocycles. The lowest BCUT2D eigenvalue weighted by atomic mass is 10.1. The zero-order valence-corrected chi connectivity index (χ0v) is 13.2. The fraction of sp³-hybridized carbons (Fsp3) is 0.267. The summed E-state index contributed by atoms with van der Waals surface area (Å²) in [6.07, 6.45) is 0. The van der Waals surface area contributed by atoms with Crippen molar-refractivity contribution < 1.29 is 19.4 Å². The first-order valence-electron chi connectivity index (χ1n) is 6.58. The van der Waals surface area contributed by atoms with Gasteiger partial charge in [0.2, 0.25) is 5.91 Å². The number of nitrogens with zero attached hydrogens (tertiary/aromatic N) is 1. The molecule has 0 radical (unpaired) electrons. The molecule has 1 atom stereocenters. The number of hydrogen-bond donors (Lipinski definition) is 2. The minimum Gasteiger partial charge on any atom is -0.495 e. The standard InChI is InChI=1S/C15H16N2O4S/c1-8(14-16-9(2)12(22-14)15(19)20)13(18)17-10-6-4-5-7-11(10)21-3/h4-8H,1-3H3,(H,17,18)(H,19,20). The van der Waals surface area contributed by atoms with Gasteiger partial charge in [-0.3, -0.25) is 4.79 Å². The third kappa shape index (κ3) is 3.25. The van der Waals surface area contributed by atoms with E-state index in [9.17, 15) is 9.59 Å². The second kappa shape index (κ2) is 6.57. The van der Waals surface area contributed by atoms with E-state index in [1.165, 1.54) is 7.11 Å². The molecular formula is C15H16N2O4S. The van der Waals surface area contributed by atoms with Gasteiger partial charge in [-0.1, -0.05) is 12.1 Å². The van der Waals surface area contributed by atoms with E-state index in [0.717, 1.165) is 11.3 Å². The zero-order valence-electron chi connectivity index (χ0n) is 12.4. The molecule has 2 N–H and O–H groups in total. The number of methoxy groups -OCH3 is 1. The van der Waals surface area contributed by atoms with Crippen LogP contribution in [0, 0.1) is 6.92 Å². The van der Waals surface area contributed by atoms with Crippen LogP contribution in [-0.4, -0.2) is 29.1 Å². The third-order valence-corrected chi connectivity index (χ3v) is 4.46. The number of aromatic nitrogens is 1. The second-order valence-electron chi connectivity index (χ2n) is 4.68. The molecule has 0 spiro atoms. The van der Waals surface area contributed by atoms with Gasteiger partial charge in [-0.15, -0.1) is 11.3 Å². The number of hydrogen-bond acceptors (Lipinski definition) is 5. The van der Waals surface area contributed by atoms with Gasteiger partial charge in [-0.05, 0) is 26.0 Å². The largest absolute Gasteiger partial charge is 0.495 e. The summed E-state index contributed by atoms with van der Waals surface area (Å²) >= 11 is 1.02. The molecule has 0 saturated heterocycles. The van der Waals surface area contributed by atoms with Crippen LogP contribution in [0.1, 0.15) is 33.2 Å². The minimum absolute atomic E-state index is 0.159. The third-order valence-electron chi connectivity index (χ3n) is 3.14. The van der Waals surface area contributed by atoms with E-state index < -0.39 is 11.9 Å². The summed E-state index contributed by atoms with van der Waals surface area (Å²) in [5.74, 6) is -1.29. The SMILES string of the molecule is COc1ccccc1NC(=O)C(C)c1nc(C)c(C(=O)O)s1. The number of aryl methyl sites for hydroxylation is 1. The molecular weight excluding hydrogens is 304 g/mol. The Morgan fingerprint density at radius 2 is 2.05 bits per heavy atom. The van der Waals surface area contributed by atoms with Crippen molar-refractivity contribution in [3.8, 4) is 5.75 Å². The van der Waals surface area contributed by atoms with E-state index in [4.69, 9.17) is 9.84 Å². The highest BCUT2D eigenvalue weighted by molar-refractivity contribution is 7.13. The van der Waals surface area contributed by atoms with Crippen LogP contribution in [0.25, 0.3) is 0 Å². The van der Waals surface area contributed by atoms with Crippen molar-refractivity contribution in [3.05, 3.63) is 39.8 Å². The Kier molecular flexibility index (Phi) is 4.77. The first-order chi connectivity index (χ1) is 10.4. The molecule has 1 heterocycles. The maximum absolute atomic E-state index is 12.3. The van der Waals surface area contributed by atoms with Crippen molar-refractivity contribution in [2.24, 2.45) is 0 Å². The average molecular weight is 320 g/mol. The number of benzene rings is 1. The van der Waals surface area contributed by atoms with Gasteiger partial charge in [0, 0.05) is 0 Å². The van der Waals surface area contributed by atoms with Crippen molar-refractivity contribution in [2.45, 2.75) is 19.8 Å². The minimum atomic E-state index is -1.03. The van der Waals surface area contributed by atoms with Crippen molar-refractivity contribution >= 4 is 28.9 Å². The topological polar surface area (TPSA) is 88.5 Å². The zero-order chi connectivity index (χ0) is 16.3. The molecule has 1 aromatic heterocycles. The molecule has 0 fully saturated rings. The van der Waals surface area contributed by atoms with Crippen LogP contribution >= 0.6 is 11.3 Å². The summed E-state index contributed by atoms with van der Waals surface area (Å²) in [7, 11) is 1.53. The van der Waals surface area contributed by atoms with Crippen molar-refractivity contribution in [2.75, 3.05) is 12.4 Å². The monoisotopic (exact) mass is 320 g/mol. The molecule has 116 valence electrons. The summed E-state index contributed by atoms with van der Waals surface area (Å²) in [6.45, 7) is 3.31. The predicted octanol–water partition coefficient (Wildman–Crippen LogP) is 2.90. The van der Waals surface area contributed by atoms with Gasteiger partial charge in [-0.2, -0.15) is 0 Å². The molecule has 2 aromatic rings. The summed E-state index contributed by atoms with van der Waals surface area (Å²) < 4.78 is 5.18. The first-order valence-corrected chi connectivity index (χ1v) is 7.40. The van der Waals surface area contributed by atoms with Crippen LogP contribution in [-0.2, 0) is 4.79 Å². The summed E-state index contributed by atoms with van der Waals surface area (Å²) in [5.41, 5.74) is 0.984. The van der Waals surface area contributed by atoms with Gasteiger partial charge in [0.05, 0.1) is 24.4 Å². The van der Waals surface area contributed by atoms with Gasteiger partial charge < -0.3 is 15.2 Å². The quantitative estimate of drug-likeness (QED) is 0.884. The van der Waals surface area contributed by atoms with Crippen LogP contribution in [0.15, 0.2) is 24.3 Å². The molecule has 2 rings (SSSR count). The Balaban J connectivity index is 2.19. The van der Waals surface area contributed by atoms with Crippen LogP contribution in [0.2, 0.25) is 0 Å². The average Bonchev–Trinajstić information content (AvgIpc) is 2.89. The van der Waals surface area contributed by atoms with E-state index in [2.05, 4.69) is 10.3 Å². The maximum atomic E-state index is 12.3. The number of carbonyl (C=O) groups is 2. The van der Waals surface area contributed by atoms with Crippen LogP contribution in [0.3, 0.4) is 0 Å². The van der Waals surface area contributed by atoms with E-state index in [1.807, 2.05) is 0 Å². The Hall–Kier alpha value is -2.41. The Morgan fingerprint density at radius 3 is 2.64 bits per heavy atom. The van der Waals surface area contributed by atoms with Gasteiger partial charge in [0.15, 0.2) is 0 Å². The lowest BCUT2D eigenvalue weighted by Gasteiger charge is -2.12. The molecule has 6 nitrogen and oxygen atoms in total. The molecule has 1 aromatic carbocycles. The first kappa shape index (κ1) is 16.0. The normalized spacial score (nSPS) is 11.8. The Morgan fingerprint density at radius 1 is 1.36 bits per heavy atom. The van der Waals surface area contributed by atoms with Crippen molar-refractivity contribution in [1.29, 1.82) is 0 Å². The molecule has 0 aliphatic carbocycles. The summed E-state index contributed by atoms with van der Waals surface area (Å²) in [4.78, 5) is 27.7. The highest BCUT2D eigenvalue weighted by Crippen LogP contribution is 2.28. The summed E-state index contributed by atoms with van der Waals surface area (Å²) in [5, 5.41) is 12.3. The van der Waals surface area contributed by atoms with Gasteiger partial charge >= 0.3 is 5.97 Å². The number of ether oxygens (including phenoxy) is 1. The Labute approximate surface area is 131 Å². The number of carboxylic acid groups (broad SMARTS) is 1. The lowest BCUT2D eigenvalue weighted by molar-refractivity contribution is -0.117. The van der Waals surface area contributed by atoms with E-state index in [0.29, 0.717) is 22.1 Å². The van der Waals surface area contributed by atoms with Gasteiger partial charge in [-0.25, -0.2) is 9.78 Å². The van der Waals surface area contributed by atoms with Gasteiger partial charge in [0.25, 0.3) is 0 Å². The number of thiazole rings is 1. The number of rotatable bonds is 5. The Bertz CT molecular complexity index is 711. The van der Waals surface area contributed by atoms with Crippen molar-refractivity contribution in [1.82, 2.24) is 4.98 Å². The number of anilines is 1. The lowest BCUT2D eigenvalue weighted by Crippen LogP contribution is -2.19. The number of carbonyl (C=O) groups excluding carboxylic acids is 1. The van der Waals surface area contributed by atoms with E-state index in [-0.39, 0.29) is 10.8 Å². The van der Waals surface area contributed by atoms with Gasteiger partial charge in [0.1, 0.15) is 15.6 Å². The predicted molar refractivity (Wildman–Crippen MR) is 83.8 cm³/mol. The molecule has 0 bridgehead atoms. The fourth-order valence-electron chi connectivity index (χ4n) is 1.90. The number of carboxylic acids is 1. The summed E-state index contributed by atoms with van der Waals surface area (Å²) in [6, 6.07) is 7.08. The van der Waals surface area contributed by atoms with E-state index >= 15 is 0 Å². The molecule has 1 amide bonds. The fourth-order valence-corrected chi connectivity index (χ4v) is 2.86. The molecule has 22 heavy (non-hydrogen) atoms. The van der Waals surface area contributed by atoms with Crippen LogP contribution < -0.4 is 10.1 Å². The van der Waals surface area contributed by atoms with Crippen molar-refractivity contribution in [3.63, 3.8) is 0 Å². The number of aromatic carboxylic acids is 1. The number of para-hydroxylation sites is 2. The van der Waals surface area contributed by atoms with Crippen LogP contribution in [0.5, 0.6) is 5.75 Å². The van der Waals surface area contributed by atoms with Crippen LogP contribution in [0.4, 0.5) is 5.69 Å².